The zero-order valence-electron chi connectivity index (χ0n) is 18.8. The number of alkyl halides is 3. The number of rotatable bonds is 5. The largest absolute Gasteiger partial charge is 0.460 e. The molecule has 0 fully saturated rings. The second kappa shape index (κ2) is 9.81. The summed E-state index contributed by atoms with van der Waals surface area (Å²) in [6.07, 6.45) is -4.93. The smallest absolute Gasteiger partial charge is 0.416 e. The van der Waals surface area contributed by atoms with Gasteiger partial charge in [0.25, 0.3) is 5.91 Å². The molecular formula is C23H16ClF5N4O4. The van der Waals surface area contributed by atoms with E-state index in [9.17, 15) is 36.3 Å². The van der Waals surface area contributed by atoms with Gasteiger partial charge in [-0.2, -0.15) is 13.2 Å². The van der Waals surface area contributed by atoms with Crippen molar-refractivity contribution >= 4 is 35.2 Å². The van der Waals surface area contributed by atoms with Crippen molar-refractivity contribution in [2.24, 2.45) is 0 Å². The Balaban J connectivity index is 1.85. The number of nitrogens with one attached hydrogen (secondary N) is 2. The molecule has 1 atom stereocenters. The molecular weight excluding hydrogens is 527 g/mol. The third-order valence-electron chi connectivity index (χ3n) is 5.33. The molecule has 0 radical (unpaired) electrons. The molecule has 1 aromatic heterocycles. The van der Waals surface area contributed by atoms with Gasteiger partial charge in [0.1, 0.15) is 18.2 Å². The number of hydrogen-bond acceptors (Lipinski definition) is 5. The predicted molar refractivity (Wildman–Crippen MR) is 119 cm³/mol. The normalized spacial score (nSPS) is 15.1. The number of esters is 1. The number of carbonyl (C=O) groups is 3. The highest BCUT2D eigenvalue weighted by molar-refractivity contribution is 6.31. The number of halogens is 6. The van der Waals surface area contributed by atoms with Gasteiger partial charge >= 0.3 is 12.1 Å². The van der Waals surface area contributed by atoms with Gasteiger partial charge in [-0.1, -0.05) is 11.6 Å². The highest BCUT2D eigenvalue weighted by Gasteiger charge is 2.37. The van der Waals surface area contributed by atoms with E-state index in [1.165, 1.54) is 13.0 Å². The second-order valence-electron chi connectivity index (χ2n) is 7.82. The summed E-state index contributed by atoms with van der Waals surface area (Å²) in [6.45, 7) is 1.01. The lowest BCUT2D eigenvalue weighted by Crippen LogP contribution is -2.40. The minimum Gasteiger partial charge on any atom is -0.460 e. The Bertz CT molecular complexity index is 1420. The van der Waals surface area contributed by atoms with E-state index in [1.54, 1.807) is 0 Å². The number of benzene rings is 2. The van der Waals surface area contributed by atoms with Crippen LogP contribution in [-0.4, -0.2) is 33.9 Å². The quantitative estimate of drug-likeness (QED) is 0.366. The van der Waals surface area contributed by atoms with Gasteiger partial charge in [-0.25, -0.2) is 18.6 Å². The van der Waals surface area contributed by atoms with Crippen molar-refractivity contribution in [3.05, 3.63) is 81.3 Å². The highest BCUT2D eigenvalue weighted by atomic mass is 35.5. The molecule has 0 saturated carbocycles. The first kappa shape index (κ1) is 26.1. The molecule has 2 aromatic carbocycles. The molecule has 0 aliphatic carbocycles. The summed E-state index contributed by atoms with van der Waals surface area (Å²) in [6, 6.07) is 3.35. The van der Waals surface area contributed by atoms with Crippen LogP contribution in [0.4, 0.5) is 27.8 Å². The van der Waals surface area contributed by atoms with Crippen molar-refractivity contribution in [2.75, 3.05) is 11.9 Å². The lowest BCUT2D eigenvalue weighted by molar-refractivity contribution is -0.137. The number of fused-ring (bicyclic) bond motifs is 1. The Morgan fingerprint density at radius 2 is 1.92 bits per heavy atom. The monoisotopic (exact) mass is 542 g/mol. The van der Waals surface area contributed by atoms with E-state index >= 15 is 0 Å². The first-order chi connectivity index (χ1) is 17.4. The van der Waals surface area contributed by atoms with Gasteiger partial charge in [-0.05, 0) is 43.3 Å². The van der Waals surface area contributed by atoms with Crippen LogP contribution in [0.2, 0.25) is 5.02 Å². The molecule has 0 bridgehead atoms. The van der Waals surface area contributed by atoms with Gasteiger partial charge in [0.2, 0.25) is 11.7 Å². The highest BCUT2D eigenvalue weighted by Crippen LogP contribution is 2.36. The molecule has 0 spiro atoms. The van der Waals surface area contributed by atoms with Crippen LogP contribution in [0.15, 0.2) is 36.4 Å². The molecule has 1 unspecified atom stereocenters. The summed E-state index contributed by atoms with van der Waals surface area (Å²) in [5.74, 6) is -5.56. The molecule has 1 aliphatic rings. The van der Waals surface area contributed by atoms with Gasteiger partial charge in [0.15, 0.2) is 5.82 Å². The summed E-state index contributed by atoms with van der Waals surface area (Å²) in [5.41, 5.74) is -2.07. The number of imidazole rings is 1. The lowest BCUT2D eigenvalue weighted by Gasteiger charge is -2.28. The molecule has 2 N–H and O–H groups in total. The van der Waals surface area contributed by atoms with Crippen LogP contribution < -0.4 is 10.6 Å². The molecule has 14 heteroatoms. The summed E-state index contributed by atoms with van der Waals surface area (Å²) < 4.78 is 73.4. The Morgan fingerprint density at radius 1 is 1.19 bits per heavy atom. The summed E-state index contributed by atoms with van der Waals surface area (Å²) in [5, 5.41) is 4.85. The van der Waals surface area contributed by atoms with Crippen molar-refractivity contribution in [1.82, 2.24) is 14.9 Å². The Kier molecular flexibility index (Phi) is 6.91. The number of nitrogens with zero attached hydrogens (tertiary/aromatic N) is 2. The van der Waals surface area contributed by atoms with E-state index in [0.717, 1.165) is 16.7 Å². The molecule has 2 heterocycles. The average molecular weight is 543 g/mol. The van der Waals surface area contributed by atoms with Gasteiger partial charge in [0.05, 0.1) is 23.9 Å². The minimum absolute atomic E-state index is 0.0243. The number of carbonyl (C=O) groups excluding carboxylic acids is 3. The molecule has 194 valence electrons. The van der Waals surface area contributed by atoms with E-state index in [1.807, 2.05) is 0 Å². The fourth-order valence-electron chi connectivity index (χ4n) is 3.81. The Labute approximate surface area is 210 Å². The third kappa shape index (κ3) is 5.26. The second-order valence-corrected chi connectivity index (χ2v) is 8.23. The summed E-state index contributed by atoms with van der Waals surface area (Å²) in [4.78, 5) is 41.9. The van der Waals surface area contributed by atoms with Crippen LogP contribution >= 0.6 is 11.6 Å². The first-order valence-electron chi connectivity index (χ1n) is 10.6. The van der Waals surface area contributed by atoms with Crippen LogP contribution in [0.5, 0.6) is 0 Å². The van der Waals surface area contributed by atoms with Crippen molar-refractivity contribution < 1.29 is 41.1 Å². The fourth-order valence-corrected chi connectivity index (χ4v) is 4.03. The maximum atomic E-state index is 14.0. The van der Waals surface area contributed by atoms with E-state index < -0.39 is 65.1 Å². The number of amides is 2. The summed E-state index contributed by atoms with van der Waals surface area (Å²) >= 11 is 6.22. The van der Waals surface area contributed by atoms with Crippen molar-refractivity contribution in [2.45, 2.75) is 25.7 Å². The topological polar surface area (TPSA) is 102 Å². The zero-order chi connectivity index (χ0) is 27.1. The van der Waals surface area contributed by atoms with Crippen LogP contribution in [0, 0.1) is 11.6 Å². The molecule has 2 amide bonds. The maximum absolute atomic E-state index is 14.0. The van der Waals surface area contributed by atoms with Gasteiger partial charge in [-0.15, -0.1) is 0 Å². The van der Waals surface area contributed by atoms with Crippen LogP contribution in [0.3, 0.4) is 0 Å². The van der Waals surface area contributed by atoms with Crippen molar-refractivity contribution in [1.29, 1.82) is 0 Å². The SMILES string of the molecule is CCOC(=O)c1nc(NC(=O)c2cc(F)cc(C(F)(F)F)c2)c2n1CC(=O)NC2c1cc(F)ccc1Cl. The van der Waals surface area contributed by atoms with Crippen LogP contribution in [0.25, 0.3) is 0 Å². The molecule has 4 rings (SSSR count). The minimum atomic E-state index is -4.93. The molecule has 37 heavy (non-hydrogen) atoms. The number of ether oxygens (including phenoxy) is 1. The van der Waals surface area contributed by atoms with E-state index in [-0.39, 0.29) is 34.8 Å². The number of anilines is 1. The van der Waals surface area contributed by atoms with Crippen LogP contribution in [-0.2, 0) is 22.3 Å². The number of hydrogen-bond donors (Lipinski definition) is 2. The third-order valence-corrected chi connectivity index (χ3v) is 5.68. The molecule has 0 saturated heterocycles. The first-order valence-corrected chi connectivity index (χ1v) is 11.0. The van der Waals surface area contributed by atoms with Gasteiger partial charge in [-0.3, -0.25) is 9.59 Å². The van der Waals surface area contributed by atoms with Crippen molar-refractivity contribution in [3.8, 4) is 0 Å². The fraction of sp³-hybridized carbons (Fsp3) is 0.217. The maximum Gasteiger partial charge on any atom is 0.416 e. The standard InChI is InChI=1S/C23H16ClF5N4O4/c1-2-37-22(36)20-31-19(32-21(35)10-5-11(23(27,28)29)7-13(26)6-10)18-17(30-16(34)9-33(18)20)14-8-12(25)3-4-15(14)24/h3-8,17H,2,9H2,1H3,(H,30,34)(H,32,35). The lowest BCUT2D eigenvalue weighted by atomic mass is 10.0. The van der Waals surface area contributed by atoms with E-state index in [2.05, 4.69) is 15.6 Å². The predicted octanol–water partition coefficient (Wildman–Crippen LogP) is 4.48. The van der Waals surface area contributed by atoms with Crippen molar-refractivity contribution in [3.63, 3.8) is 0 Å². The van der Waals surface area contributed by atoms with E-state index in [4.69, 9.17) is 16.3 Å². The molecule has 3 aromatic rings. The zero-order valence-corrected chi connectivity index (χ0v) is 19.5. The molecule has 8 nitrogen and oxygen atoms in total. The average Bonchev–Trinajstić information content (AvgIpc) is 3.17. The summed E-state index contributed by atoms with van der Waals surface area (Å²) in [7, 11) is 0. The van der Waals surface area contributed by atoms with E-state index in [0.29, 0.717) is 12.1 Å². The Hall–Kier alpha value is -4.00. The van der Waals surface area contributed by atoms with Gasteiger partial charge in [0, 0.05) is 16.1 Å². The Morgan fingerprint density at radius 3 is 2.59 bits per heavy atom. The number of aromatic nitrogens is 2. The van der Waals surface area contributed by atoms with Crippen LogP contribution in [0.1, 0.15) is 50.8 Å². The molecule has 1 aliphatic heterocycles. The van der Waals surface area contributed by atoms with Gasteiger partial charge < -0.3 is 19.9 Å².